The van der Waals surface area contributed by atoms with Gasteiger partial charge in [0.15, 0.2) is 0 Å². The zero-order chi connectivity index (χ0) is 29.6. The van der Waals surface area contributed by atoms with Crippen molar-refractivity contribution in [2.75, 3.05) is 105 Å². The first-order valence-electron chi connectivity index (χ1n) is 17.8. The molecule has 0 aliphatic heterocycles. The number of hydrogen-bond acceptors (Lipinski definition) is 9. The van der Waals surface area contributed by atoms with Gasteiger partial charge in [0.25, 0.3) is 0 Å². The van der Waals surface area contributed by atoms with Gasteiger partial charge >= 0.3 is 0 Å². The van der Waals surface area contributed by atoms with E-state index in [1.807, 2.05) is 0 Å². The quantitative estimate of drug-likeness (QED) is 0.0500. The van der Waals surface area contributed by atoms with Crippen LogP contribution in [0.2, 0.25) is 0 Å². The van der Waals surface area contributed by atoms with E-state index in [2.05, 4.69) is 37.2 Å². The molecule has 0 aromatic heterocycles. The minimum atomic E-state index is 0.813. The lowest BCUT2D eigenvalue weighted by Crippen LogP contribution is -2.23. The molecule has 0 amide bonds. The molecule has 9 heteroatoms. The Bertz CT molecular complexity index is 405. The average molecular weight is 586 g/mol. The third-order valence-electron chi connectivity index (χ3n) is 7.36. The van der Waals surface area contributed by atoms with Gasteiger partial charge in [0.2, 0.25) is 0 Å². The third kappa shape index (κ3) is 39.6. The van der Waals surface area contributed by atoms with Crippen molar-refractivity contribution < 1.29 is 0 Å². The van der Waals surface area contributed by atoms with Crippen LogP contribution in [0.5, 0.6) is 0 Å². The highest BCUT2D eigenvalue weighted by Crippen LogP contribution is 1.92. The minimum Gasteiger partial charge on any atom is -0.330 e. The van der Waals surface area contributed by atoms with Crippen molar-refractivity contribution in [3.63, 3.8) is 0 Å². The fraction of sp³-hybridized carbons (Fsp3) is 1.00. The number of nitrogens with one attached hydrogen (secondary N) is 7. The smallest absolute Gasteiger partial charge is 0.00484 e. The van der Waals surface area contributed by atoms with Gasteiger partial charge in [0.05, 0.1) is 0 Å². The SMILES string of the molecule is NCCCCNCCCCNCCCCNCCCCNCCCCNCCCCNCCCCNCCCCN. The highest BCUT2D eigenvalue weighted by atomic mass is 14.9. The van der Waals surface area contributed by atoms with Gasteiger partial charge < -0.3 is 48.7 Å². The van der Waals surface area contributed by atoms with Crippen LogP contribution in [0.25, 0.3) is 0 Å². The van der Waals surface area contributed by atoms with Gasteiger partial charge in [-0.15, -0.1) is 0 Å². The third-order valence-corrected chi connectivity index (χ3v) is 7.36. The van der Waals surface area contributed by atoms with E-state index < -0.39 is 0 Å². The molecule has 0 spiro atoms. The Balaban J connectivity index is 3.02. The molecule has 0 radical (unpaired) electrons. The van der Waals surface area contributed by atoms with E-state index in [0.717, 1.165) is 118 Å². The summed E-state index contributed by atoms with van der Waals surface area (Å²) in [5.74, 6) is 0. The summed E-state index contributed by atoms with van der Waals surface area (Å²) in [6.07, 6.45) is 19.9. The molecule has 0 aromatic carbocycles. The normalized spacial score (nSPS) is 11.6. The van der Waals surface area contributed by atoms with Crippen LogP contribution >= 0.6 is 0 Å². The summed E-state index contributed by atoms with van der Waals surface area (Å²) in [6.45, 7) is 17.6. The Morgan fingerprint density at radius 2 is 0.317 bits per heavy atom. The highest BCUT2D eigenvalue weighted by Gasteiger charge is 1.95. The minimum absolute atomic E-state index is 0.813. The summed E-state index contributed by atoms with van der Waals surface area (Å²) < 4.78 is 0. The molecule has 0 fully saturated rings. The summed E-state index contributed by atoms with van der Waals surface area (Å²) in [6, 6.07) is 0. The molecule has 0 aromatic rings. The van der Waals surface area contributed by atoms with E-state index in [1.165, 1.54) is 89.9 Å². The van der Waals surface area contributed by atoms with Crippen molar-refractivity contribution in [3.8, 4) is 0 Å². The number of nitrogens with two attached hydrogens (primary N) is 2. The Morgan fingerprint density at radius 1 is 0.195 bits per heavy atom. The van der Waals surface area contributed by atoms with E-state index >= 15 is 0 Å². The Hall–Kier alpha value is -0.360. The average Bonchev–Trinajstić information content (AvgIpc) is 2.98. The summed E-state index contributed by atoms with van der Waals surface area (Å²) in [5.41, 5.74) is 11.0. The predicted octanol–water partition coefficient (Wildman–Crippen LogP) is 2.27. The lowest BCUT2D eigenvalue weighted by Gasteiger charge is -2.08. The second kappa shape index (κ2) is 39.6. The molecule has 0 rings (SSSR count). The fourth-order valence-electron chi connectivity index (χ4n) is 4.66. The lowest BCUT2D eigenvalue weighted by atomic mass is 10.2. The fourth-order valence-corrected chi connectivity index (χ4v) is 4.66. The van der Waals surface area contributed by atoms with Crippen LogP contribution in [-0.4, -0.2) is 105 Å². The first-order valence-corrected chi connectivity index (χ1v) is 17.8. The lowest BCUT2D eigenvalue weighted by molar-refractivity contribution is 0.529. The summed E-state index contributed by atoms with van der Waals surface area (Å²) >= 11 is 0. The van der Waals surface area contributed by atoms with Crippen molar-refractivity contribution >= 4 is 0 Å². The molecular formula is C32H75N9. The molecule has 9 nitrogen and oxygen atoms in total. The van der Waals surface area contributed by atoms with Crippen molar-refractivity contribution in [1.82, 2.24) is 37.2 Å². The Morgan fingerprint density at radius 3 is 0.439 bits per heavy atom. The predicted molar refractivity (Wildman–Crippen MR) is 182 cm³/mol. The van der Waals surface area contributed by atoms with Crippen LogP contribution in [0.15, 0.2) is 0 Å². The van der Waals surface area contributed by atoms with Crippen molar-refractivity contribution in [1.29, 1.82) is 0 Å². The molecule has 248 valence electrons. The molecule has 11 N–H and O–H groups in total. The van der Waals surface area contributed by atoms with Crippen LogP contribution in [0.1, 0.15) is 103 Å². The van der Waals surface area contributed by atoms with Gasteiger partial charge in [-0.1, -0.05) is 0 Å². The van der Waals surface area contributed by atoms with E-state index in [4.69, 9.17) is 11.5 Å². The molecule has 0 heterocycles. The molecule has 0 aliphatic carbocycles. The Kier molecular flexibility index (Phi) is 39.3. The maximum atomic E-state index is 5.51. The molecular weight excluding hydrogens is 510 g/mol. The number of rotatable bonds is 38. The molecule has 0 aliphatic rings. The zero-order valence-corrected chi connectivity index (χ0v) is 27.3. The Labute approximate surface area is 256 Å². The first kappa shape index (κ1) is 40.6. The maximum absolute atomic E-state index is 5.51. The van der Waals surface area contributed by atoms with Gasteiger partial charge in [-0.3, -0.25) is 0 Å². The molecule has 0 bridgehead atoms. The van der Waals surface area contributed by atoms with Gasteiger partial charge in [0.1, 0.15) is 0 Å². The summed E-state index contributed by atoms with van der Waals surface area (Å²) in [5, 5.41) is 24.9. The van der Waals surface area contributed by atoms with E-state index in [0.29, 0.717) is 0 Å². The standard InChI is InChI=1S/C32H75N9/c33-17-1-3-19-35-21-5-7-23-37-25-9-11-27-39-29-13-15-31-41-32-16-14-30-40-28-12-10-26-38-24-8-6-22-36-20-4-2-18-34/h35-41H,1-34H2. The van der Waals surface area contributed by atoms with Crippen LogP contribution in [0.3, 0.4) is 0 Å². The van der Waals surface area contributed by atoms with Crippen molar-refractivity contribution in [3.05, 3.63) is 0 Å². The van der Waals surface area contributed by atoms with Crippen LogP contribution in [0.4, 0.5) is 0 Å². The second-order valence-electron chi connectivity index (χ2n) is 11.5. The number of hydrogen-bond donors (Lipinski definition) is 9. The van der Waals surface area contributed by atoms with Gasteiger partial charge in [-0.05, 0) is 207 Å². The topological polar surface area (TPSA) is 136 Å². The molecule has 0 unspecified atom stereocenters. The van der Waals surface area contributed by atoms with Gasteiger partial charge in [-0.25, -0.2) is 0 Å². The monoisotopic (exact) mass is 586 g/mol. The van der Waals surface area contributed by atoms with Crippen LogP contribution < -0.4 is 48.7 Å². The van der Waals surface area contributed by atoms with E-state index in [-0.39, 0.29) is 0 Å². The zero-order valence-electron chi connectivity index (χ0n) is 27.3. The van der Waals surface area contributed by atoms with Gasteiger partial charge in [0, 0.05) is 0 Å². The van der Waals surface area contributed by atoms with Crippen molar-refractivity contribution in [2.45, 2.75) is 103 Å². The first-order chi connectivity index (χ1) is 20.4. The molecule has 0 atom stereocenters. The van der Waals surface area contributed by atoms with E-state index in [9.17, 15) is 0 Å². The van der Waals surface area contributed by atoms with Crippen molar-refractivity contribution in [2.24, 2.45) is 11.5 Å². The van der Waals surface area contributed by atoms with Crippen LogP contribution in [-0.2, 0) is 0 Å². The number of unbranched alkanes of at least 4 members (excludes halogenated alkanes) is 8. The maximum Gasteiger partial charge on any atom is -0.00484 e. The second-order valence-corrected chi connectivity index (χ2v) is 11.5. The molecule has 0 saturated heterocycles. The summed E-state index contributed by atoms with van der Waals surface area (Å²) in [7, 11) is 0. The van der Waals surface area contributed by atoms with Crippen LogP contribution in [0, 0.1) is 0 Å². The summed E-state index contributed by atoms with van der Waals surface area (Å²) in [4.78, 5) is 0. The van der Waals surface area contributed by atoms with E-state index in [1.54, 1.807) is 0 Å². The highest BCUT2D eigenvalue weighted by molar-refractivity contribution is 4.58. The molecule has 0 saturated carbocycles. The largest absolute Gasteiger partial charge is 0.330 e. The molecule has 41 heavy (non-hydrogen) atoms. The van der Waals surface area contributed by atoms with Gasteiger partial charge in [-0.2, -0.15) is 0 Å².